The van der Waals surface area contributed by atoms with Gasteiger partial charge in [-0.15, -0.1) is 38.0 Å². The number of rotatable bonds is 4. The molecule has 0 unspecified atom stereocenters. The van der Waals surface area contributed by atoms with Crippen LogP contribution in [-0.2, 0) is 0 Å². The number of nitrogens with zero attached hydrogens (tertiary/aromatic N) is 1. The molecule has 0 bridgehead atoms. The zero-order chi connectivity index (χ0) is 17.9. The number of piperazine rings is 1. The number of hydrogen-bond donors (Lipinski definition) is 1. The van der Waals surface area contributed by atoms with Gasteiger partial charge in [-0.1, -0.05) is 25.3 Å². The Labute approximate surface area is 169 Å². The zero-order valence-corrected chi connectivity index (χ0v) is 16.6. The number of alkyl halides is 3. The summed E-state index contributed by atoms with van der Waals surface area (Å²) in [5, 5.41) is 3.31. The third-order valence-electron chi connectivity index (χ3n) is 5.16. The number of ether oxygens (including phenoxy) is 1. The highest BCUT2D eigenvalue weighted by molar-refractivity contribution is 5.85. The van der Waals surface area contributed by atoms with Crippen LogP contribution in [0.3, 0.4) is 0 Å². The normalized spacial score (nSPS) is 20.3. The second-order valence-corrected chi connectivity index (χ2v) is 6.87. The van der Waals surface area contributed by atoms with Gasteiger partial charge in [0.25, 0.3) is 0 Å². The Morgan fingerprint density at radius 3 is 2.22 bits per heavy atom. The van der Waals surface area contributed by atoms with Crippen LogP contribution in [0.15, 0.2) is 18.2 Å². The summed E-state index contributed by atoms with van der Waals surface area (Å²) in [6.07, 6.45) is 0.811. The lowest BCUT2D eigenvalue weighted by atomic mass is 9.80. The van der Waals surface area contributed by atoms with Crippen molar-refractivity contribution in [3.8, 4) is 5.75 Å². The van der Waals surface area contributed by atoms with Crippen LogP contribution in [0.25, 0.3) is 0 Å². The molecule has 1 heterocycles. The van der Waals surface area contributed by atoms with Crippen LogP contribution in [0.5, 0.6) is 5.75 Å². The fraction of sp³-hybridized carbons (Fsp3) is 0.667. The molecule has 3 rings (SSSR count). The van der Waals surface area contributed by atoms with E-state index in [1.54, 1.807) is 6.07 Å². The van der Waals surface area contributed by atoms with Gasteiger partial charge in [0.1, 0.15) is 0 Å². The molecule has 1 aromatic carbocycles. The molecule has 0 amide bonds. The molecule has 1 aliphatic heterocycles. The number of hydrogen-bond acceptors (Lipinski definition) is 3. The standard InChI is InChI=1S/C18H24F4N2O.2ClH/c19-15-12-14(6-7-16(15)25-18(20,21)22)17(13-4-2-1-3-5-13)24-10-8-23-9-11-24;;/h6-7,12-13,17,23H,1-5,8-11H2;2*1H/t17-;;/m1../s1. The SMILES string of the molecule is Cl.Cl.Fc1cc([C@@H](C2CCCCC2)N2CCNCC2)ccc1OC(F)(F)F. The van der Waals surface area contributed by atoms with Gasteiger partial charge < -0.3 is 10.1 Å². The summed E-state index contributed by atoms with van der Waals surface area (Å²) in [6.45, 7) is 3.48. The maximum atomic E-state index is 14.2. The van der Waals surface area contributed by atoms with Crippen LogP contribution in [-0.4, -0.2) is 37.4 Å². The maximum Gasteiger partial charge on any atom is 0.573 e. The Balaban J connectivity index is 0.00000182. The van der Waals surface area contributed by atoms with E-state index < -0.39 is 17.9 Å². The first-order valence-corrected chi connectivity index (χ1v) is 8.94. The molecule has 1 saturated heterocycles. The topological polar surface area (TPSA) is 24.5 Å². The average Bonchev–Trinajstić information content (AvgIpc) is 2.58. The minimum absolute atomic E-state index is 0. The predicted molar refractivity (Wildman–Crippen MR) is 101 cm³/mol. The van der Waals surface area contributed by atoms with E-state index in [1.165, 1.54) is 12.5 Å². The van der Waals surface area contributed by atoms with E-state index in [0.29, 0.717) is 5.92 Å². The Kier molecular flexibility index (Phi) is 9.62. The van der Waals surface area contributed by atoms with Crippen LogP contribution in [0.2, 0.25) is 0 Å². The Hall–Kier alpha value is -0.760. The summed E-state index contributed by atoms with van der Waals surface area (Å²) in [5.74, 6) is -1.30. The van der Waals surface area contributed by atoms with Gasteiger partial charge in [0.2, 0.25) is 0 Å². The summed E-state index contributed by atoms with van der Waals surface area (Å²) >= 11 is 0. The molecular weight excluding hydrogens is 407 g/mol. The fourth-order valence-electron chi connectivity index (χ4n) is 4.10. The van der Waals surface area contributed by atoms with Crippen LogP contribution in [0.4, 0.5) is 17.6 Å². The van der Waals surface area contributed by atoms with Gasteiger partial charge in [-0.3, -0.25) is 4.90 Å². The van der Waals surface area contributed by atoms with E-state index in [9.17, 15) is 17.6 Å². The van der Waals surface area contributed by atoms with Crippen molar-refractivity contribution in [2.75, 3.05) is 26.2 Å². The summed E-state index contributed by atoms with van der Waals surface area (Å²) in [7, 11) is 0. The van der Waals surface area contributed by atoms with Crippen molar-refractivity contribution in [1.82, 2.24) is 10.2 Å². The third-order valence-corrected chi connectivity index (χ3v) is 5.16. The predicted octanol–water partition coefficient (Wildman–Crippen LogP) is 5.09. The minimum Gasteiger partial charge on any atom is -0.403 e. The van der Waals surface area contributed by atoms with Crippen LogP contribution >= 0.6 is 24.8 Å². The van der Waals surface area contributed by atoms with E-state index in [0.717, 1.165) is 63.5 Å². The molecule has 156 valence electrons. The molecule has 0 aromatic heterocycles. The monoisotopic (exact) mass is 432 g/mol. The first-order chi connectivity index (χ1) is 11.9. The summed E-state index contributed by atoms with van der Waals surface area (Å²) in [4.78, 5) is 2.34. The number of halogens is 6. The van der Waals surface area contributed by atoms with Gasteiger partial charge in [0.15, 0.2) is 11.6 Å². The molecule has 0 spiro atoms. The highest BCUT2D eigenvalue weighted by atomic mass is 35.5. The van der Waals surface area contributed by atoms with E-state index in [-0.39, 0.29) is 30.9 Å². The number of benzene rings is 1. The molecule has 3 nitrogen and oxygen atoms in total. The van der Waals surface area contributed by atoms with E-state index in [4.69, 9.17) is 0 Å². The Morgan fingerprint density at radius 1 is 1.04 bits per heavy atom. The lowest BCUT2D eigenvalue weighted by Crippen LogP contribution is -2.47. The molecule has 0 radical (unpaired) electrons. The molecule has 9 heteroatoms. The van der Waals surface area contributed by atoms with Gasteiger partial charge in [0.05, 0.1) is 0 Å². The molecule has 1 aromatic rings. The summed E-state index contributed by atoms with van der Waals surface area (Å²) in [6, 6.07) is 3.97. The van der Waals surface area contributed by atoms with Crippen LogP contribution in [0, 0.1) is 11.7 Å². The van der Waals surface area contributed by atoms with Crippen molar-refractivity contribution in [2.24, 2.45) is 5.92 Å². The van der Waals surface area contributed by atoms with E-state index in [2.05, 4.69) is 15.0 Å². The Bertz CT molecular complexity index is 559. The Morgan fingerprint density at radius 2 is 1.67 bits per heavy atom. The molecule has 1 atom stereocenters. The quantitative estimate of drug-likeness (QED) is 0.670. The van der Waals surface area contributed by atoms with Gasteiger partial charge in [-0.05, 0) is 36.5 Å². The molecule has 2 fully saturated rings. The maximum absolute atomic E-state index is 14.2. The highest BCUT2D eigenvalue weighted by Gasteiger charge is 2.34. The van der Waals surface area contributed by atoms with Gasteiger partial charge in [-0.25, -0.2) is 4.39 Å². The molecular formula is C18H26Cl2F4N2O. The van der Waals surface area contributed by atoms with Crippen molar-refractivity contribution < 1.29 is 22.3 Å². The largest absolute Gasteiger partial charge is 0.573 e. The van der Waals surface area contributed by atoms with Crippen molar-refractivity contribution in [2.45, 2.75) is 44.5 Å². The molecule has 1 saturated carbocycles. The molecule has 1 N–H and O–H groups in total. The molecule has 1 aliphatic carbocycles. The smallest absolute Gasteiger partial charge is 0.403 e. The first-order valence-electron chi connectivity index (χ1n) is 8.94. The number of nitrogens with one attached hydrogen (secondary N) is 1. The minimum atomic E-state index is -4.89. The van der Waals surface area contributed by atoms with Crippen molar-refractivity contribution in [3.63, 3.8) is 0 Å². The van der Waals surface area contributed by atoms with Crippen molar-refractivity contribution in [1.29, 1.82) is 0 Å². The lowest BCUT2D eigenvalue weighted by Gasteiger charge is -2.41. The lowest BCUT2D eigenvalue weighted by molar-refractivity contribution is -0.275. The van der Waals surface area contributed by atoms with Crippen LogP contribution in [0.1, 0.15) is 43.7 Å². The van der Waals surface area contributed by atoms with Crippen molar-refractivity contribution >= 4 is 24.8 Å². The van der Waals surface area contributed by atoms with Gasteiger partial charge in [0, 0.05) is 32.2 Å². The zero-order valence-electron chi connectivity index (χ0n) is 14.9. The van der Waals surface area contributed by atoms with Gasteiger partial charge in [-0.2, -0.15) is 0 Å². The molecule has 2 aliphatic rings. The fourth-order valence-corrected chi connectivity index (χ4v) is 4.10. The first kappa shape index (κ1) is 24.3. The van der Waals surface area contributed by atoms with E-state index >= 15 is 0 Å². The van der Waals surface area contributed by atoms with Crippen molar-refractivity contribution in [3.05, 3.63) is 29.6 Å². The highest BCUT2D eigenvalue weighted by Crippen LogP contribution is 2.39. The molecule has 27 heavy (non-hydrogen) atoms. The summed E-state index contributed by atoms with van der Waals surface area (Å²) in [5.41, 5.74) is 0.751. The van der Waals surface area contributed by atoms with Gasteiger partial charge >= 0.3 is 6.36 Å². The second-order valence-electron chi connectivity index (χ2n) is 6.87. The third kappa shape index (κ3) is 6.66. The summed E-state index contributed by atoms with van der Waals surface area (Å²) < 4.78 is 55.1. The average molecular weight is 433 g/mol. The van der Waals surface area contributed by atoms with E-state index in [1.807, 2.05) is 0 Å². The second kappa shape index (κ2) is 10.7. The van der Waals surface area contributed by atoms with Crippen LogP contribution < -0.4 is 10.1 Å².